The molecule has 0 saturated heterocycles. The summed E-state index contributed by atoms with van der Waals surface area (Å²) in [6.45, 7) is 3.95. The summed E-state index contributed by atoms with van der Waals surface area (Å²) in [5, 5.41) is 3.14. The van der Waals surface area contributed by atoms with Crippen LogP contribution in [0.4, 0.5) is 0 Å². The van der Waals surface area contributed by atoms with Crippen LogP contribution in [0.15, 0.2) is 72.8 Å². The summed E-state index contributed by atoms with van der Waals surface area (Å²) in [5.74, 6) is 1.12. The Labute approximate surface area is 188 Å². The van der Waals surface area contributed by atoms with Crippen molar-refractivity contribution in [3.63, 3.8) is 0 Å². The average molecular weight is 430 g/mol. The first-order valence-electron chi connectivity index (χ1n) is 10.9. The van der Waals surface area contributed by atoms with Crippen molar-refractivity contribution in [1.82, 2.24) is 5.32 Å². The van der Waals surface area contributed by atoms with Crippen molar-refractivity contribution in [2.45, 2.75) is 38.8 Å². The summed E-state index contributed by atoms with van der Waals surface area (Å²) in [5.41, 5.74) is 3.70. The van der Waals surface area contributed by atoms with E-state index in [9.17, 15) is 9.59 Å². The highest BCUT2D eigenvalue weighted by Gasteiger charge is 2.23. The molecule has 0 radical (unpaired) electrons. The van der Waals surface area contributed by atoms with Crippen LogP contribution in [0.1, 0.15) is 53.4 Å². The van der Waals surface area contributed by atoms with Crippen molar-refractivity contribution in [2.75, 3.05) is 6.61 Å². The van der Waals surface area contributed by atoms with E-state index in [1.807, 2.05) is 42.5 Å². The van der Waals surface area contributed by atoms with Crippen molar-refractivity contribution >= 4 is 11.7 Å². The van der Waals surface area contributed by atoms with E-state index in [1.54, 1.807) is 31.2 Å². The molecule has 0 fully saturated rings. The fourth-order valence-electron chi connectivity index (χ4n) is 3.87. The van der Waals surface area contributed by atoms with Crippen LogP contribution >= 0.6 is 0 Å². The number of hydrogen-bond donors (Lipinski definition) is 1. The quantitative estimate of drug-likeness (QED) is 0.543. The Hall–Kier alpha value is -3.60. The van der Waals surface area contributed by atoms with Gasteiger partial charge in [-0.05, 0) is 67.6 Å². The summed E-state index contributed by atoms with van der Waals surface area (Å²) in [7, 11) is 0. The highest BCUT2D eigenvalue weighted by atomic mass is 16.5. The summed E-state index contributed by atoms with van der Waals surface area (Å²) in [6, 6.07) is 22.6. The van der Waals surface area contributed by atoms with Gasteiger partial charge in [0.15, 0.2) is 11.9 Å². The number of hydrogen-bond acceptors (Lipinski definition) is 4. The fraction of sp³-hybridized carbons (Fsp3) is 0.259. The molecule has 1 N–H and O–H groups in total. The van der Waals surface area contributed by atoms with E-state index in [0.29, 0.717) is 11.3 Å². The first kappa shape index (κ1) is 21.6. The second-order valence-corrected chi connectivity index (χ2v) is 8.02. The Morgan fingerprint density at radius 3 is 2.56 bits per heavy atom. The second kappa shape index (κ2) is 9.69. The molecule has 0 aliphatic carbocycles. The van der Waals surface area contributed by atoms with E-state index in [-0.39, 0.29) is 17.7 Å². The standard InChI is InChI=1S/C27H27NO4/c1-18(29)21-10-6-12-24(17-21)32-19(2)27(30)28-26(20-8-4-3-5-9-20)23-13-14-25-22(16-23)11-7-15-31-25/h3-6,8-10,12-14,16-17,19,26H,7,11,15H2,1-2H3,(H,28,30). The molecule has 0 saturated carbocycles. The van der Waals surface area contributed by atoms with Crippen LogP contribution in [0, 0.1) is 0 Å². The smallest absolute Gasteiger partial charge is 0.261 e. The summed E-state index contributed by atoms with van der Waals surface area (Å²) >= 11 is 0. The number of ether oxygens (including phenoxy) is 2. The Morgan fingerprint density at radius 2 is 1.78 bits per heavy atom. The minimum atomic E-state index is -0.732. The van der Waals surface area contributed by atoms with E-state index < -0.39 is 6.10 Å². The van der Waals surface area contributed by atoms with E-state index in [0.717, 1.165) is 41.9 Å². The molecule has 1 amide bonds. The summed E-state index contributed by atoms with van der Waals surface area (Å²) < 4.78 is 11.6. The molecule has 0 aromatic heterocycles. The van der Waals surface area contributed by atoms with Crippen LogP contribution in [0.5, 0.6) is 11.5 Å². The SMILES string of the molecule is CC(=O)c1cccc(OC(C)C(=O)NC(c2ccccc2)c2ccc3c(c2)CCCO3)c1. The van der Waals surface area contributed by atoms with Crippen LogP contribution in [0.2, 0.25) is 0 Å². The molecule has 3 aromatic carbocycles. The Kier molecular flexibility index (Phi) is 6.55. The number of amides is 1. The van der Waals surface area contributed by atoms with Crippen LogP contribution in [-0.4, -0.2) is 24.4 Å². The van der Waals surface area contributed by atoms with E-state index in [2.05, 4.69) is 11.4 Å². The monoisotopic (exact) mass is 429 g/mol. The number of rotatable bonds is 7. The maximum Gasteiger partial charge on any atom is 0.261 e. The minimum absolute atomic E-state index is 0.0481. The van der Waals surface area contributed by atoms with Crippen LogP contribution in [-0.2, 0) is 11.2 Å². The third kappa shape index (κ3) is 4.99. The van der Waals surface area contributed by atoms with E-state index in [1.165, 1.54) is 6.92 Å². The van der Waals surface area contributed by atoms with Crippen molar-refractivity contribution in [3.05, 3.63) is 95.1 Å². The lowest BCUT2D eigenvalue weighted by Gasteiger charge is -2.25. The molecule has 1 aliphatic heterocycles. The van der Waals surface area contributed by atoms with E-state index in [4.69, 9.17) is 9.47 Å². The molecule has 32 heavy (non-hydrogen) atoms. The number of benzene rings is 3. The molecular formula is C27H27NO4. The van der Waals surface area contributed by atoms with Gasteiger partial charge in [-0.3, -0.25) is 9.59 Å². The van der Waals surface area contributed by atoms with Gasteiger partial charge in [0.25, 0.3) is 5.91 Å². The van der Waals surface area contributed by atoms with Gasteiger partial charge in [-0.2, -0.15) is 0 Å². The van der Waals surface area contributed by atoms with Crippen molar-refractivity contribution in [2.24, 2.45) is 0 Å². The lowest BCUT2D eigenvalue weighted by atomic mass is 9.94. The predicted molar refractivity (Wildman–Crippen MR) is 123 cm³/mol. The number of carbonyl (C=O) groups excluding carboxylic acids is 2. The van der Waals surface area contributed by atoms with Gasteiger partial charge in [-0.1, -0.05) is 48.5 Å². The highest BCUT2D eigenvalue weighted by molar-refractivity contribution is 5.94. The molecule has 2 unspecified atom stereocenters. The molecule has 164 valence electrons. The number of fused-ring (bicyclic) bond motifs is 1. The van der Waals surface area contributed by atoms with Crippen molar-refractivity contribution < 1.29 is 19.1 Å². The molecule has 1 heterocycles. The second-order valence-electron chi connectivity index (χ2n) is 8.02. The molecule has 5 heteroatoms. The Morgan fingerprint density at radius 1 is 0.969 bits per heavy atom. The zero-order valence-electron chi connectivity index (χ0n) is 18.3. The van der Waals surface area contributed by atoms with Gasteiger partial charge in [0, 0.05) is 5.56 Å². The Bertz CT molecular complexity index is 1110. The summed E-state index contributed by atoms with van der Waals surface area (Å²) in [6.07, 6.45) is 1.22. The topological polar surface area (TPSA) is 64.6 Å². The molecule has 5 nitrogen and oxygen atoms in total. The van der Waals surface area contributed by atoms with Crippen molar-refractivity contribution in [1.29, 1.82) is 0 Å². The molecule has 1 aliphatic rings. The molecule has 2 atom stereocenters. The lowest BCUT2D eigenvalue weighted by molar-refractivity contribution is -0.127. The lowest BCUT2D eigenvalue weighted by Crippen LogP contribution is -2.39. The van der Waals surface area contributed by atoms with Gasteiger partial charge in [0.1, 0.15) is 11.5 Å². The first-order valence-corrected chi connectivity index (χ1v) is 10.9. The molecule has 0 bridgehead atoms. The number of aryl methyl sites for hydroxylation is 1. The van der Waals surface area contributed by atoms with Gasteiger partial charge >= 0.3 is 0 Å². The molecular weight excluding hydrogens is 402 g/mol. The van der Waals surface area contributed by atoms with E-state index >= 15 is 0 Å². The maximum atomic E-state index is 13.1. The molecule has 0 spiro atoms. The number of carbonyl (C=O) groups is 2. The average Bonchev–Trinajstić information content (AvgIpc) is 2.82. The fourth-order valence-corrected chi connectivity index (χ4v) is 3.87. The third-order valence-corrected chi connectivity index (χ3v) is 5.61. The zero-order valence-corrected chi connectivity index (χ0v) is 18.3. The predicted octanol–water partition coefficient (Wildman–Crippen LogP) is 4.89. The summed E-state index contributed by atoms with van der Waals surface area (Å²) in [4.78, 5) is 24.7. The van der Waals surface area contributed by atoms with Gasteiger partial charge < -0.3 is 14.8 Å². The van der Waals surface area contributed by atoms with Gasteiger partial charge in [-0.15, -0.1) is 0 Å². The van der Waals surface area contributed by atoms with Gasteiger partial charge in [-0.25, -0.2) is 0 Å². The number of ketones is 1. The maximum absolute atomic E-state index is 13.1. The highest BCUT2D eigenvalue weighted by Crippen LogP contribution is 2.30. The third-order valence-electron chi connectivity index (χ3n) is 5.61. The van der Waals surface area contributed by atoms with Crippen molar-refractivity contribution in [3.8, 4) is 11.5 Å². The van der Waals surface area contributed by atoms with Crippen LogP contribution in [0.25, 0.3) is 0 Å². The Balaban J connectivity index is 1.55. The normalized spacial score (nSPS) is 14.4. The minimum Gasteiger partial charge on any atom is -0.493 e. The number of nitrogens with one attached hydrogen (secondary N) is 1. The first-order chi connectivity index (χ1) is 15.5. The molecule has 3 aromatic rings. The van der Waals surface area contributed by atoms with Gasteiger partial charge in [0.05, 0.1) is 12.6 Å². The van der Waals surface area contributed by atoms with Crippen LogP contribution in [0.3, 0.4) is 0 Å². The zero-order chi connectivity index (χ0) is 22.5. The van der Waals surface area contributed by atoms with Crippen LogP contribution < -0.4 is 14.8 Å². The van der Waals surface area contributed by atoms with Gasteiger partial charge in [0.2, 0.25) is 0 Å². The largest absolute Gasteiger partial charge is 0.493 e. The number of Topliss-reactive ketones (excluding diaryl/α,β-unsaturated/α-hetero) is 1. The molecule has 4 rings (SSSR count).